The Hall–Kier alpha value is 0.100. The number of aldehydes is 1. The summed E-state index contributed by atoms with van der Waals surface area (Å²) in [6.45, 7) is 0. The van der Waals surface area contributed by atoms with Crippen LogP contribution in [0.2, 0.25) is 0 Å². The summed E-state index contributed by atoms with van der Waals surface area (Å²) in [5.41, 5.74) is 0. The highest BCUT2D eigenvalue weighted by Crippen LogP contribution is 1.66. The van der Waals surface area contributed by atoms with E-state index in [0.717, 1.165) is 6.29 Å². The van der Waals surface area contributed by atoms with Crippen molar-refractivity contribution in [1.82, 2.24) is 0 Å². The first-order chi connectivity index (χ1) is 2.41. The van der Waals surface area contributed by atoms with Crippen LogP contribution >= 0.6 is 9.18 Å². The average molecular weight is 78.0 g/mol. The van der Waals surface area contributed by atoms with Crippen LogP contribution in [0.5, 0.6) is 0 Å². The van der Waals surface area contributed by atoms with Crippen molar-refractivity contribution in [2.24, 2.45) is 0 Å². The van der Waals surface area contributed by atoms with Crippen LogP contribution < -0.4 is 0 Å². The van der Waals surface area contributed by atoms with Gasteiger partial charge in [0.1, 0.15) is 6.29 Å². The summed E-state index contributed by atoms with van der Waals surface area (Å²) < 4.78 is 6.40. The number of hydrogen-bond acceptors (Lipinski definition) is 1. The Morgan fingerprint density at radius 1 is 2.50 bits per heavy atom. The molecule has 0 spiro atoms. The predicted octanol–water partition coefficient (Wildman–Crippen LogP) is 0.0604. The van der Waals surface area contributed by atoms with Crippen molar-refractivity contribution in [3.8, 4) is 0 Å². The van der Waals surface area contributed by atoms with Crippen molar-refractivity contribution in [2.75, 3.05) is 6.16 Å². The molecule has 1 nitrogen and oxygen atoms in total. The number of carbonyl (C=O) groups is 1. The van der Waals surface area contributed by atoms with Crippen molar-refractivity contribution < 1.29 is 4.79 Å². The molecule has 0 saturated carbocycles. The molecule has 0 saturated heterocycles. The van der Waals surface area contributed by atoms with E-state index in [9.17, 15) is 4.79 Å². The average Bonchev–Trinajstić information content (AvgIpc) is 1.41. The SMILES string of the molecule is [3H]PCC=O. The van der Waals surface area contributed by atoms with Gasteiger partial charge < -0.3 is 4.79 Å². The van der Waals surface area contributed by atoms with E-state index >= 15 is 0 Å². The number of hydrogen-bond donors (Lipinski definition) is 0. The molecule has 0 fully saturated rings. The molecule has 0 bridgehead atoms. The zero-order chi connectivity index (χ0) is 4.12. The van der Waals surface area contributed by atoms with E-state index in [4.69, 9.17) is 1.28 Å². The summed E-state index contributed by atoms with van der Waals surface area (Å²) in [6.07, 6.45) is 1.16. The summed E-state index contributed by atoms with van der Waals surface area (Å²) in [6, 6.07) is 0. The van der Waals surface area contributed by atoms with Crippen LogP contribution in [0.1, 0.15) is 0 Å². The third-order valence-corrected chi connectivity index (χ3v) is 0.250. The van der Waals surface area contributed by atoms with Gasteiger partial charge >= 0.3 is 0 Å². The highest BCUT2D eigenvalue weighted by molar-refractivity contribution is 7.17. The van der Waals surface area contributed by atoms with Gasteiger partial charge in [0.15, 0.2) is 0 Å². The van der Waals surface area contributed by atoms with Crippen molar-refractivity contribution in [2.45, 2.75) is 0 Å². The molecular weight excluding hydrogens is 71.0 g/mol. The van der Waals surface area contributed by atoms with Gasteiger partial charge in [-0.3, -0.25) is 0 Å². The Balaban J connectivity index is 2.40. The van der Waals surface area contributed by atoms with Crippen molar-refractivity contribution in [1.29, 1.82) is 1.28 Å². The summed E-state index contributed by atoms with van der Waals surface area (Å²) in [7, 11) is 0.0397. The van der Waals surface area contributed by atoms with E-state index in [1.165, 1.54) is 0 Å². The first-order valence-corrected chi connectivity index (χ1v) is 1.70. The lowest BCUT2D eigenvalue weighted by atomic mass is 10.9. The molecule has 0 aromatic heterocycles. The Bertz CT molecular complexity index is 30.8. The molecule has 1 atom stereocenters. The maximum absolute atomic E-state index is 9.29. The van der Waals surface area contributed by atoms with Gasteiger partial charge in [-0.15, -0.1) is 9.18 Å². The van der Waals surface area contributed by atoms with E-state index in [1.807, 2.05) is 0 Å². The zero-order valence-corrected chi connectivity index (χ0v) is 3.19. The highest BCUT2D eigenvalue weighted by Gasteiger charge is 1.52. The molecule has 0 aliphatic rings. The lowest BCUT2D eigenvalue weighted by molar-refractivity contribution is -0.105. The Morgan fingerprint density at radius 2 is 3.25 bits per heavy atom. The third kappa shape index (κ3) is 2.10. The monoisotopic (exact) mass is 78.0 g/mol. The molecule has 0 heterocycles. The van der Waals surface area contributed by atoms with E-state index < -0.39 is 0 Å². The fourth-order valence-corrected chi connectivity index (χ4v) is 0. The molecule has 2 heteroatoms. The molecule has 0 rings (SSSR count). The van der Waals surface area contributed by atoms with Gasteiger partial charge in [0.25, 0.3) is 0 Å². The van der Waals surface area contributed by atoms with Gasteiger partial charge in [-0.25, -0.2) is 0 Å². The minimum Gasteiger partial charge on any atom is -0.303 e. The molecule has 0 aromatic rings. The zero-order valence-electron chi connectivity index (χ0n) is 3.19. The number of carbonyl (C=O) groups excluding carboxylic acids is 1. The summed E-state index contributed by atoms with van der Waals surface area (Å²) >= 11 is 0. The normalized spacial score (nSPS) is 12.5. The quantitative estimate of drug-likeness (QED) is 0.337. The summed E-state index contributed by atoms with van der Waals surface area (Å²) in [5, 5.41) is 0. The second-order valence-electron chi connectivity index (χ2n) is 0.371. The van der Waals surface area contributed by atoms with Gasteiger partial charge in [-0.05, 0) is 0 Å². The van der Waals surface area contributed by atoms with Crippen LogP contribution in [0.25, 0.3) is 0 Å². The lowest BCUT2D eigenvalue weighted by Crippen LogP contribution is -1.61. The molecule has 0 radical (unpaired) electrons. The smallest absolute Gasteiger partial charge is 0.123 e. The largest absolute Gasteiger partial charge is 0.303 e. The van der Waals surface area contributed by atoms with Gasteiger partial charge in [0.2, 0.25) is 0 Å². The van der Waals surface area contributed by atoms with E-state index in [0.29, 0.717) is 6.16 Å². The first kappa shape index (κ1) is 2.34. The second kappa shape index (κ2) is 3.10. The minimum absolute atomic E-state index is 0.0397. The molecule has 1 unspecified atom stereocenters. The van der Waals surface area contributed by atoms with Gasteiger partial charge in [0, 0.05) is 6.16 Å². The van der Waals surface area contributed by atoms with Crippen LogP contribution in [-0.4, -0.2) is 13.7 Å². The topological polar surface area (TPSA) is 17.1 Å². The Morgan fingerprint density at radius 3 is 3.25 bits per heavy atom. The minimum atomic E-state index is 0.0397. The van der Waals surface area contributed by atoms with Gasteiger partial charge in [0.05, 0.1) is 1.28 Å². The Kier molecular flexibility index (Phi) is 1.82. The van der Waals surface area contributed by atoms with Crippen LogP contribution in [0.4, 0.5) is 0 Å². The first-order valence-electron chi connectivity index (χ1n) is 1.50. The van der Waals surface area contributed by atoms with Crippen molar-refractivity contribution >= 4 is 15.5 Å². The summed E-state index contributed by atoms with van der Waals surface area (Å²) in [4.78, 5) is 9.29. The van der Waals surface area contributed by atoms with Gasteiger partial charge in [-0.1, -0.05) is 0 Å². The van der Waals surface area contributed by atoms with Crippen LogP contribution in [0.15, 0.2) is 0 Å². The van der Waals surface area contributed by atoms with E-state index in [1.54, 1.807) is 0 Å². The van der Waals surface area contributed by atoms with Gasteiger partial charge in [-0.2, -0.15) is 0 Å². The van der Waals surface area contributed by atoms with Crippen molar-refractivity contribution in [3.63, 3.8) is 0 Å². The fourth-order valence-electron chi connectivity index (χ4n) is 0. The standard InChI is InChI=1S/C2H5OP/c3-1-2-4/h1H,2,4H2/i4T. The number of rotatable bonds is 2. The molecule has 24 valence electrons. The third-order valence-electron chi connectivity index (χ3n) is 0.0833. The molecule has 0 N–H and O–H groups in total. The molecular formula is C2H5OP. The fraction of sp³-hybridized carbons (Fsp3) is 0.500. The maximum Gasteiger partial charge on any atom is 0.123 e. The second-order valence-corrected chi connectivity index (χ2v) is 0.779. The maximum atomic E-state index is 9.29. The molecule has 4 heavy (non-hydrogen) atoms. The van der Waals surface area contributed by atoms with Crippen LogP contribution in [0.3, 0.4) is 0 Å². The van der Waals surface area contributed by atoms with E-state index in [2.05, 4.69) is 0 Å². The molecule has 0 aliphatic heterocycles. The lowest BCUT2D eigenvalue weighted by Gasteiger charge is -1.52. The molecule has 0 aliphatic carbocycles. The van der Waals surface area contributed by atoms with Crippen molar-refractivity contribution in [3.05, 3.63) is 0 Å². The van der Waals surface area contributed by atoms with Crippen LogP contribution in [0, 0.1) is 0 Å². The highest BCUT2D eigenvalue weighted by atomic mass is 31.0. The predicted molar refractivity (Wildman–Crippen MR) is 20.6 cm³/mol. The Labute approximate surface area is 28.9 Å². The van der Waals surface area contributed by atoms with E-state index in [-0.39, 0.29) is 9.18 Å². The van der Waals surface area contributed by atoms with Crippen LogP contribution in [-0.2, 0) is 4.79 Å². The summed E-state index contributed by atoms with van der Waals surface area (Å²) in [5.74, 6) is 0. The molecule has 0 amide bonds. The molecule has 0 aromatic carbocycles.